The average molecular weight is 339 g/mol. The highest BCUT2D eigenvalue weighted by molar-refractivity contribution is 9.10. The summed E-state index contributed by atoms with van der Waals surface area (Å²) in [6.07, 6.45) is 1.33. The predicted octanol–water partition coefficient (Wildman–Crippen LogP) is 4.69. The number of ketones is 1. The average Bonchev–Trinajstić information content (AvgIpc) is 2.94. The van der Waals surface area contributed by atoms with E-state index in [1.54, 1.807) is 0 Å². The third-order valence-electron chi connectivity index (χ3n) is 2.67. The second kappa shape index (κ2) is 7.58. The van der Waals surface area contributed by atoms with E-state index in [0.717, 1.165) is 21.3 Å². The maximum Gasteiger partial charge on any atom is 0.172 e. The van der Waals surface area contributed by atoms with Gasteiger partial charge in [-0.1, -0.05) is 34.1 Å². The zero-order valence-electron chi connectivity index (χ0n) is 10.5. The van der Waals surface area contributed by atoms with E-state index in [1.165, 1.54) is 11.3 Å². The normalized spacial score (nSPS) is 10.6. The number of thiophene rings is 1. The van der Waals surface area contributed by atoms with Crippen LogP contribution in [-0.4, -0.2) is 12.4 Å². The second-order valence-electron chi connectivity index (χ2n) is 4.18. The van der Waals surface area contributed by atoms with Gasteiger partial charge in [-0.15, -0.1) is 11.3 Å². The van der Waals surface area contributed by atoms with Gasteiger partial charge >= 0.3 is 0 Å². The predicted molar refractivity (Wildman–Crippen MR) is 81.7 cm³/mol. The Morgan fingerprint density at radius 3 is 2.68 bits per heavy atom. The van der Waals surface area contributed by atoms with Gasteiger partial charge in [0.05, 0.1) is 11.5 Å². The number of hydrogen-bond donors (Lipinski definition) is 0. The molecule has 0 fully saturated rings. The highest BCUT2D eigenvalue weighted by atomic mass is 79.9. The van der Waals surface area contributed by atoms with E-state index in [2.05, 4.69) is 15.9 Å². The number of Topliss-reactive ketones (excluding diaryl/α,β-unsaturated/α-hetero) is 1. The van der Waals surface area contributed by atoms with Crippen molar-refractivity contribution in [3.8, 4) is 0 Å². The maximum absolute atomic E-state index is 11.7. The highest BCUT2D eigenvalue weighted by Crippen LogP contribution is 2.13. The Hall–Kier alpha value is -0.970. The molecular weight excluding hydrogens is 324 g/mol. The summed E-state index contributed by atoms with van der Waals surface area (Å²) in [6, 6.07) is 11.8. The molecule has 0 aliphatic heterocycles. The first-order valence-electron chi connectivity index (χ1n) is 6.14. The Balaban J connectivity index is 1.62. The van der Waals surface area contributed by atoms with Gasteiger partial charge in [-0.25, -0.2) is 0 Å². The molecule has 2 aromatic rings. The van der Waals surface area contributed by atoms with Gasteiger partial charge in [-0.3, -0.25) is 4.79 Å². The fourth-order valence-electron chi connectivity index (χ4n) is 1.67. The number of carbonyl (C=O) groups excluding carboxylic acids is 1. The zero-order valence-corrected chi connectivity index (χ0v) is 12.9. The summed E-state index contributed by atoms with van der Waals surface area (Å²) in [6.45, 7) is 1.22. The molecule has 1 heterocycles. The van der Waals surface area contributed by atoms with Crippen LogP contribution in [0.1, 0.15) is 28.1 Å². The topological polar surface area (TPSA) is 26.3 Å². The van der Waals surface area contributed by atoms with Crippen LogP contribution < -0.4 is 0 Å². The number of ether oxygens (including phenoxy) is 1. The van der Waals surface area contributed by atoms with Crippen LogP contribution in [0.4, 0.5) is 0 Å². The van der Waals surface area contributed by atoms with E-state index < -0.39 is 0 Å². The van der Waals surface area contributed by atoms with Gasteiger partial charge < -0.3 is 4.74 Å². The molecule has 19 heavy (non-hydrogen) atoms. The number of rotatable bonds is 7. The molecule has 0 saturated carbocycles. The van der Waals surface area contributed by atoms with Gasteiger partial charge in [0.15, 0.2) is 5.78 Å². The molecule has 0 radical (unpaired) electrons. The lowest BCUT2D eigenvalue weighted by Gasteiger charge is -2.04. The van der Waals surface area contributed by atoms with E-state index in [9.17, 15) is 4.79 Å². The van der Waals surface area contributed by atoms with Crippen molar-refractivity contribution in [2.24, 2.45) is 0 Å². The van der Waals surface area contributed by atoms with Crippen LogP contribution in [0.2, 0.25) is 0 Å². The summed E-state index contributed by atoms with van der Waals surface area (Å²) in [5, 5.41) is 1.93. The number of hydrogen-bond acceptors (Lipinski definition) is 3. The van der Waals surface area contributed by atoms with Crippen LogP contribution in [0.5, 0.6) is 0 Å². The molecule has 2 nitrogen and oxygen atoms in total. The van der Waals surface area contributed by atoms with Crippen molar-refractivity contribution >= 4 is 33.0 Å². The van der Waals surface area contributed by atoms with Crippen molar-refractivity contribution in [3.63, 3.8) is 0 Å². The van der Waals surface area contributed by atoms with Crippen molar-refractivity contribution in [1.82, 2.24) is 0 Å². The molecule has 0 atom stereocenters. The van der Waals surface area contributed by atoms with E-state index in [-0.39, 0.29) is 5.78 Å². The first kappa shape index (κ1) is 14.4. The van der Waals surface area contributed by atoms with Crippen LogP contribution in [0, 0.1) is 0 Å². The van der Waals surface area contributed by atoms with Crippen molar-refractivity contribution in [2.45, 2.75) is 19.4 Å². The highest BCUT2D eigenvalue weighted by Gasteiger charge is 2.05. The molecule has 0 aliphatic rings. The smallest absolute Gasteiger partial charge is 0.172 e. The van der Waals surface area contributed by atoms with Crippen molar-refractivity contribution < 1.29 is 9.53 Å². The third kappa shape index (κ3) is 4.90. The number of halogens is 1. The van der Waals surface area contributed by atoms with Crippen LogP contribution >= 0.6 is 27.3 Å². The van der Waals surface area contributed by atoms with Gasteiger partial charge in [0, 0.05) is 17.5 Å². The van der Waals surface area contributed by atoms with Gasteiger partial charge in [-0.2, -0.15) is 0 Å². The molecule has 0 N–H and O–H groups in total. The van der Waals surface area contributed by atoms with Crippen molar-refractivity contribution in [3.05, 3.63) is 56.7 Å². The third-order valence-corrected chi connectivity index (χ3v) is 4.11. The summed E-state index contributed by atoms with van der Waals surface area (Å²) in [4.78, 5) is 12.6. The molecule has 0 amide bonds. The molecule has 2 rings (SSSR count). The van der Waals surface area contributed by atoms with E-state index in [4.69, 9.17) is 4.74 Å². The minimum Gasteiger partial charge on any atom is -0.377 e. The summed E-state index contributed by atoms with van der Waals surface area (Å²) >= 11 is 4.89. The fourth-order valence-corrected chi connectivity index (χ4v) is 2.62. The Labute approximate surface area is 125 Å². The minimum absolute atomic E-state index is 0.210. The van der Waals surface area contributed by atoms with Gasteiger partial charge in [0.1, 0.15) is 0 Å². The Bertz CT molecular complexity index is 505. The second-order valence-corrected chi connectivity index (χ2v) is 6.05. The molecule has 0 spiro atoms. The molecule has 0 aliphatic carbocycles. The van der Waals surface area contributed by atoms with Crippen molar-refractivity contribution in [2.75, 3.05) is 6.61 Å². The van der Waals surface area contributed by atoms with Crippen LogP contribution in [0.25, 0.3) is 0 Å². The molecular formula is C15H15BrO2S. The van der Waals surface area contributed by atoms with Gasteiger partial charge in [-0.05, 0) is 35.6 Å². The Morgan fingerprint density at radius 2 is 2.00 bits per heavy atom. The summed E-state index contributed by atoms with van der Waals surface area (Å²) < 4.78 is 6.63. The van der Waals surface area contributed by atoms with Gasteiger partial charge in [0.2, 0.25) is 0 Å². The molecule has 1 aromatic heterocycles. The number of carbonyl (C=O) groups is 1. The van der Waals surface area contributed by atoms with Gasteiger partial charge in [0.25, 0.3) is 0 Å². The zero-order chi connectivity index (χ0) is 13.5. The Morgan fingerprint density at radius 1 is 1.21 bits per heavy atom. The molecule has 1 aromatic carbocycles. The summed E-state index contributed by atoms with van der Waals surface area (Å²) in [7, 11) is 0. The summed E-state index contributed by atoms with van der Waals surface area (Å²) in [5.41, 5.74) is 1.15. The van der Waals surface area contributed by atoms with E-state index in [0.29, 0.717) is 19.6 Å². The lowest BCUT2D eigenvalue weighted by atomic mass is 10.2. The van der Waals surface area contributed by atoms with Crippen LogP contribution in [-0.2, 0) is 11.3 Å². The minimum atomic E-state index is 0.210. The van der Waals surface area contributed by atoms with E-state index in [1.807, 2.05) is 41.8 Å². The molecule has 100 valence electrons. The first-order valence-corrected chi connectivity index (χ1v) is 7.82. The van der Waals surface area contributed by atoms with Crippen molar-refractivity contribution in [1.29, 1.82) is 0 Å². The standard InChI is InChI=1S/C15H15BrO2S/c16-13-7-5-12(6-8-13)11-18-9-1-3-14(17)15-4-2-10-19-15/h2,4-8,10H,1,3,9,11H2. The number of benzene rings is 1. The fraction of sp³-hybridized carbons (Fsp3) is 0.267. The molecule has 0 bridgehead atoms. The van der Waals surface area contributed by atoms with E-state index >= 15 is 0 Å². The van der Waals surface area contributed by atoms with Crippen LogP contribution in [0.3, 0.4) is 0 Å². The monoisotopic (exact) mass is 338 g/mol. The lowest BCUT2D eigenvalue weighted by molar-refractivity contribution is 0.0922. The molecule has 0 saturated heterocycles. The molecule has 0 unspecified atom stereocenters. The quantitative estimate of drug-likeness (QED) is 0.540. The molecule has 4 heteroatoms. The lowest BCUT2D eigenvalue weighted by Crippen LogP contribution is -2.01. The Kier molecular flexibility index (Phi) is 5.76. The SMILES string of the molecule is O=C(CCCOCc1ccc(Br)cc1)c1cccs1. The van der Waals surface area contributed by atoms with Crippen LogP contribution in [0.15, 0.2) is 46.3 Å². The first-order chi connectivity index (χ1) is 9.25. The summed E-state index contributed by atoms with van der Waals surface area (Å²) in [5.74, 6) is 0.210. The maximum atomic E-state index is 11.7. The largest absolute Gasteiger partial charge is 0.377 e.